The number of aliphatic carboxylic acids is 1. The molecule has 2 aromatic rings. The maximum absolute atomic E-state index is 11.4. The number of rotatable bonds is 13. The molecule has 176 valence electrons. The molecule has 1 N–H and O–H groups in total. The lowest BCUT2D eigenvalue weighted by molar-refractivity contribution is -0.136. The quantitative estimate of drug-likeness (QED) is 0.412. The van der Waals surface area contributed by atoms with Crippen molar-refractivity contribution in [2.75, 3.05) is 19.8 Å². The predicted octanol–water partition coefficient (Wildman–Crippen LogP) is 6.01. The normalized spacial score (nSPS) is 11.3. The van der Waals surface area contributed by atoms with Crippen molar-refractivity contribution in [1.29, 1.82) is 0 Å². The molecule has 0 unspecified atom stereocenters. The van der Waals surface area contributed by atoms with Gasteiger partial charge in [-0.2, -0.15) is 0 Å². The summed E-state index contributed by atoms with van der Waals surface area (Å²) in [5.74, 6) is 2.58. The third-order valence-corrected chi connectivity index (χ3v) is 4.63. The number of hydrogen-bond acceptors (Lipinski definition) is 4. The lowest BCUT2D eigenvalue weighted by atomic mass is 10.00. The molecule has 0 bridgehead atoms. The third kappa shape index (κ3) is 8.81. The van der Waals surface area contributed by atoms with Gasteiger partial charge >= 0.3 is 5.97 Å². The number of carbonyl (C=O) groups is 1. The highest BCUT2D eigenvalue weighted by Crippen LogP contribution is 2.30. The standard InChI is InChI=1S/C27H38O5/c1-18(2)15-30-24-9-8-22(26(14-24)32-17-20(5)6)11-21-7-10-25(31-16-19(3)4)23(12-21)13-27(28)29/h7-10,12,14,18-20H,11,13,15-17H2,1-6H3,(H,28,29). The Hall–Kier alpha value is -2.69. The molecule has 2 aromatic carbocycles. The average molecular weight is 443 g/mol. The summed E-state index contributed by atoms with van der Waals surface area (Å²) in [7, 11) is 0. The maximum Gasteiger partial charge on any atom is 0.307 e. The fourth-order valence-corrected chi connectivity index (χ4v) is 3.09. The molecule has 0 heterocycles. The van der Waals surface area contributed by atoms with Gasteiger partial charge in [-0.1, -0.05) is 59.7 Å². The molecule has 0 aliphatic carbocycles. The van der Waals surface area contributed by atoms with Crippen LogP contribution >= 0.6 is 0 Å². The van der Waals surface area contributed by atoms with Crippen molar-refractivity contribution in [1.82, 2.24) is 0 Å². The fourth-order valence-electron chi connectivity index (χ4n) is 3.09. The van der Waals surface area contributed by atoms with E-state index < -0.39 is 5.97 Å². The van der Waals surface area contributed by atoms with Crippen molar-refractivity contribution >= 4 is 5.97 Å². The van der Waals surface area contributed by atoms with Crippen LogP contribution in [0.1, 0.15) is 58.2 Å². The Morgan fingerprint density at radius 3 is 1.94 bits per heavy atom. The number of benzene rings is 2. The van der Waals surface area contributed by atoms with Gasteiger partial charge in [0.25, 0.3) is 0 Å². The first-order chi connectivity index (χ1) is 15.1. The average Bonchev–Trinajstić information content (AvgIpc) is 2.70. The zero-order valence-electron chi connectivity index (χ0n) is 20.3. The zero-order chi connectivity index (χ0) is 23.7. The minimum absolute atomic E-state index is 0.0695. The summed E-state index contributed by atoms with van der Waals surface area (Å²) < 4.78 is 17.8. The Balaban J connectivity index is 2.28. The van der Waals surface area contributed by atoms with Crippen LogP contribution in [0.3, 0.4) is 0 Å². The fraction of sp³-hybridized carbons (Fsp3) is 0.519. The van der Waals surface area contributed by atoms with Gasteiger partial charge in [0.1, 0.15) is 17.2 Å². The zero-order valence-corrected chi connectivity index (χ0v) is 20.3. The minimum Gasteiger partial charge on any atom is -0.493 e. The van der Waals surface area contributed by atoms with E-state index in [4.69, 9.17) is 14.2 Å². The monoisotopic (exact) mass is 442 g/mol. The Morgan fingerprint density at radius 2 is 1.34 bits per heavy atom. The molecule has 5 heteroatoms. The molecule has 0 amide bonds. The summed E-state index contributed by atoms with van der Waals surface area (Å²) in [4.78, 5) is 11.4. The second-order valence-corrected chi connectivity index (χ2v) is 9.57. The Kier molecular flexibility index (Phi) is 9.89. The molecule has 0 saturated carbocycles. The molecule has 5 nitrogen and oxygen atoms in total. The van der Waals surface area contributed by atoms with E-state index >= 15 is 0 Å². The summed E-state index contributed by atoms with van der Waals surface area (Å²) in [6, 6.07) is 11.8. The van der Waals surface area contributed by atoms with Crippen LogP contribution in [0.15, 0.2) is 36.4 Å². The lowest BCUT2D eigenvalue weighted by Crippen LogP contribution is -2.09. The van der Waals surface area contributed by atoms with Crippen LogP contribution in [0.25, 0.3) is 0 Å². The van der Waals surface area contributed by atoms with Gasteiger partial charge in [0.05, 0.1) is 26.2 Å². The summed E-state index contributed by atoms with van der Waals surface area (Å²) in [5.41, 5.74) is 2.75. The first-order valence-electron chi connectivity index (χ1n) is 11.5. The highest BCUT2D eigenvalue weighted by atomic mass is 16.5. The molecule has 0 aliphatic rings. The lowest BCUT2D eigenvalue weighted by Gasteiger charge is -2.17. The second kappa shape index (κ2) is 12.4. The van der Waals surface area contributed by atoms with Crippen LogP contribution in [0.5, 0.6) is 17.2 Å². The highest BCUT2D eigenvalue weighted by molar-refractivity contribution is 5.71. The number of carboxylic acids is 1. The van der Waals surface area contributed by atoms with Crippen molar-refractivity contribution in [3.05, 3.63) is 53.1 Å². The van der Waals surface area contributed by atoms with E-state index in [1.807, 2.05) is 36.4 Å². The summed E-state index contributed by atoms with van der Waals surface area (Å²) in [6.07, 6.45) is 0.564. The molecule has 0 atom stereocenters. The molecule has 0 radical (unpaired) electrons. The maximum atomic E-state index is 11.4. The van der Waals surface area contributed by atoms with E-state index in [-0.39, 0.29) is 6.42 Å². The molecule has 0 fully saturated rings. The van der Waals surface area contributed by atoms with Gasteiger partial charge < -0.3 is 19.3 Å². The molecular weight excluding hydrogens is 404 g/mol. The summed E-state index contributed by atoms with van der Waals surface area (Å²) in [6.45, 7) is 14.4. The van der Waals surface area contributed by atoms with Crippen LogP contribution in [0.2, 0.25) is 0 Å². The SMILES string of the molecule is CC(C)COc1ccc(Cc2ccc(OCC(C)C)c(CC(=O)O)c2)c(OCC(C)C)c1. The van der Waals surface area contributed by atoms with Crippen LogP contribution < -0.4 is 14.2 Å². The van der Waals surface area contributed by atoms with Crippen molar-refractivity contribution < 1.29 is 24.1 Å². The van der Waals surface area contributed by atoms with Crippen molar-refractivity contribution in [3.63, 3.8) is 0 Å². The van der Waals surface area contributed by atoms with Gasteiger partial charge in [-0.15, -0.1) is 0 Å². The molecule has 0 saturated heterocycles. The molecule has 0 spiro atoms. The third-order valence-electron chi connectivity index (χ3n) is 4.63. The first-order valence-corrected chi connectivity index (χ1v) is 11.5. The van der Waals surface area contributed by atoms with E-state index in [0.29, 0.717) is 55.3 Å². The van der Waals surface area contributed by atoms with Crippen molar-refractivity contribution in [2.45, 2.75) is 54.4 Å². The Labute approximate surface area is 192 Å². The van der Waals surface area contributed by atoms with E-state index in [9.17, 15) is 9.90 Å². The molecule has 0 aromatic heterocycles. The Bertz CT molecular complexity index is 870. The molecule has 2 rings (SSSR count). The second-order valence-electron chi connectivity index (χ2n) is 9.57. The number of carboxylic acid groups (broad SMARTS) is 1. The number of ether oxygens (including phenoxy) is 3. The van der Waals surface area contributed by atoms with Crippen molar-refractivity contribution in [2.24, 2.45) is 17.8 Å². The van der Waals surface area contributed by atoms with E-state index in [0.717, 1.165) is 22.6 Å². The summed E-state index contributed by atoms with van der Waals surface area (Å²) >= 11 is 0. The first kappa shape index (κ1) is 25.6. The van der Waals surface area contributed by atoms with E-state index in [2.05, 4.69) is 41.5 Å². The molecular formula is C27H38O5. The van der Waals surface area contributed by atoms with Gasteiger partial charge in [-0.25, -0.2) is 0 Å². The molecule has 0 aliphatic heterocycles. The van der Waals surface area contributed by atoms with Gasteiger partial charge in [0.15, 0.2) is 0 Å². The smallest absolute Gasteiger partial charge is 0.307 e. The van der Waals surface area contributed by atoms with Gasteiger partial charge in [-0.05, 0) is 41.0 Å². The van der Waals surface area contributed by atoms with Crippen molar-refractivity contribution in [3.8, 4) is 17.2 Å². The van der Waals surface area contributed by atoms with Gasteiger partial charge in [0.2, 0.25) is 0 Å². The topological polar surface area (TPSA) is 65.0 Å². The van der Waals surface area contributed by atoms with Gasteiger partial charge in [0, 0.05) is 18.1 Å². The minimum atomic E-state index is -0.871. The summed E-state index contributed by atoms with van der Waals surface area (Å²) in [5, 5.41) is 9.35. The molecule has 32 heavy (non-hydrogen) atoms. The highest BCUT2D eigenvalue weighted by Gasteiger charge is 2.13. The van der Waals surface area contributed by atoms with E-state index in [1.165, 1.54) is 0 Å². The largest absolute Gasteiger partial charge is 0.493 e. The number of hydrogen-bond donors (Lipinski definition) is 1. The predicted molar refractivity (Wildman–Crippen MR) is 128 cm³/mol. The Morgan fingerprint density at radius 1 is 0.750 bits per heavy atom. The van der Waals surface area contributed by atoms with Crippen LogP contribution in [-0.4, -0.2) is 30.9 Å². The van der Waals surface area contributed by atoms with E-state index in [1.54, 1.807) is 0 Å². The van der Waals surface area contributed by atoms with Crippen LogP contribution in [-0.2, 0) is 17.6 Å². The van der Waals surface area contributed by atoms with Crippen LogP contribution in [0.4, 0.5) is 0 Å². The van der Waals surface area contributed by atoms with Gasteiger partial charge in [-0.3, -0.25) is 4.79 Å². The van der Waals surface area contributed by atoms with Crippen LogP contribution in [0, 0.1) is 17.8 Å².